The zero-order valence-electron chi connectivity index (χ0n) is 11.5. The maximum absolute atomic E-state index is 11.6. The molecule has 0 radical (unpaired) electrons. The number of hydrogen-bond acceptors (Lipinski definition) is 4. The number of hydrogen-bond donors (Lipinski definition) is 1. The Bertz CT molecular complexity index is 501. The van der Waals surface area contributed by atoms with Gasteiger partial charge in [-0.2, -0.15) is 0 Å². The highest BCUT2D eigenvalue weighted by atomic mass is 32.2. The summed E-state index contributed by atoms with van der Waals surface area (Å²) in [7, 11) is -2.91. The molecule has 3 atom stereocenters. The quantitative estimate of drug-likeness (QED) is 0.918. The Labute approximate surface area is 115 Å². The van der Waals surface area contributed by atoms with Gasteiger partial charge in [-0.1, -0.05) is 12.5 Å². The number of pyridine rings is 1. The largest absolute Gasteiger partial charge is 0.307 e. The zero-order valence-corrected chi connectivity index (χ0v) is 12.4. The van der Waals surface area contributed by atoms with Gasteiger partial charge >= 0.3 is 0 Å². The third-order valence-corrected chi connectivity index (χ3v) is 5.54. The standard InChI is InChI=1S/C14H22N2O2S/c1-11(12-5-4-8-15-10-12)16-13-6-3-7-14(9-13)19(2,17)18/h4-5,8,10-11,13-14,16H,3,6-7,9H2,1-2H3. The summed E-state index contributed by atoms with van der Waals surface area (Å²) in [6, 6.07) is 4.45. The van der Waals surface area contributed by atoms with Crippen LogP contribution in [0, 0.1) is 0 Å². The maximum Gasteiger partial charge on any atom is 0.150 e. The minimum absolute atomic E-state index is 0.181. The minimum Gasteiger partial charge on any atom is -0.307 e. The number of aromatic nitrogens is 1. The molecule has 1 saturated carbocycles. The first-order valence-electron chi connectivity index (χ1n) is 6.81. The van der Waals surface area contributed by atoms with Crippen molar-refractivity contribution in [3.05, 3.63) is 30.1 Å². The van der Waals surface area contributed by atoms with Gasteiger partial charge in [0.2, 0.25) is 0 Å². The molecule has 3 unspecified atom stereocenters. The molecule has 0 aliphatic heterocycles. The molecule has 19 heavy (non-hydrogen) atoms. The van der Waals surface area contributed by atoms with Crippen molar-refractivity contribution in [2.45, 2.75) is 49.9 Å². The maximum atomic E-state index is 11.6. The Hall–Kier alpha value is -0.940. The van der Waals surface area contributed by atoms with E-state index < -0.39 is 9.84 Å². The van der Waals surface area contributed by atoms with Crippen molar-refractivity contribution < 1.29 is 8.42 Å². The van der Waals surface area contributed by atoms with Crippen molar-refractivity contribution >= 4 is 9.84 Å². The average Bonchev–Trinajstić information content (AvgIpc) is 2.39. The lowest BCUT2D eigenvalue weighted by molar-refractivity contribution is 0.346. The van der Waals surface area contributed by atoms with E-state index in [4.69, 9.17) is 0 Å². The lowest BCUT2D eigenvalue weighted by Crippen LogP contribution is -2.39. The highest BCUT2D eigenvalue weighted by molar-refractivity contribution is 7.91. The van der Waals surface area contributed by atoms with Crippen LogP contribution in [0.2, 0.25) is 0 Å². The van der Waals surface area contributed by atoms with Gasteiger partial charge in [0.15, 0.2) is 0 Å². The lowest BCUT2D eigenvalue weighted by Gasteiger charge is -2.31. The van der Waals surface area contributed by atoms with E-state index in [0.717, 1.165) is 31.2 Å². The van der Waals surface area contributed by atoms with Gasteiger partial charge in [0.25, 0.3) is 0 Å². The molecule has 5 heteroatoms. The van der Waals surface area contributed by atoms with Crippen LogP contribution >= 0.6 is 0 Å². The number of nitrogens with one attached hydrogen (secondary N) is 1. The van der Waals surface area contributed by atoms with Gasteiger partial charge in [0, 0.05) is 30.7 Å². The molecule has 0 bridgehead atoms. The molecular formula is C14H22N2O2S. The third-order valence-electron chi connectivity index (χ3n) is 3.90. The molecule has 0 aromatic carbocycles. The fourth-order valence-corrected chi connectivity index (χ4v) is 3.94. The van der Waals surface area contributed by atoms with E-state index in [9.17, 15) is 8.42 Å². The molecular weight excluding hydrogens is 260 g/mol. The second-order valence-corrected chi connectivity index (χ2v) is 7.82. The number of nitrogens with zero attached hydrogens (tertiary/aromatic N) is 1. The van der Waals surface area contributed by atoms with Crippen LogP contribution in [0.25, 0.3) is 0 Å². The summed E-state index contributed by atoms with van der Waals surface area (Å²) >= 11 is 0. The van der Waals surface area contributed by atoms with Gasteiger partial charge < -0.3 is 5.32 Å². The fraction of sp³-hybridized carbons (Fsp3) is 0.643. The molecule has 1 aromatic rings. The van der Waals surface area contributed by atoms with Crippen molar-refractivity contribution in [2.24, 2.45) is 0 Å². The van der Waals surface area contributed by atoms with Crippen LogP contribution in [-0.2, 0) is 9.84 Å². The molecule has 106 valence electrons. The number of sulfone groups is 1. The van der Waals surface area contributed by atoms with E-state index in [0.29, 0.717) is 0 Å². The predicted octanol–water partition coefficient (Wildman–Crippen LogP) is 2.09. The molecule has 1 fully saturated rings. The Morgan fingerprint density at radius 3 is 2.84 bits per heavy atom. The first kappa shape index (κ1) is 14.5. The summed E-state index contributed by atoms with van der Waals surface area (Å²) in [5, 5.41) is 3.35. The van der Waals surface area contributed by atoms with Crippen LogP contribution in [0.1, 0.15) is 44.2 Å². The first-order valence-corrected chi connectivity index (χ1v) is 8.77. The van der Waals surface area contributed by atoms with E-state index in [1.165, 1.54) is 6.26 Å². The summed E-state index contributed by atoms with van der Waals surface area (Å²) in [4.78, 5) is 4.12. The zero-order chi connectivity index (χ0) is 13.9. The lowest BCUT2D eigenvalue weighted by atomic mass is 9.94. The molecule has 1 aromatic heterocycles. The van der Waals surface area contributed by atoms with Gasteiger partial charge in [0.05, 0.1) is 5.25 Å². The second-order valence-electron chi connectivity index (χ2n) is 5.49. The van der Waals surface area contributed by atoms with Crippen molar-refractivity contribution in [2.75, 3.05) is 6.26 Å². The molecule has 0 amide bonds. The van der Waals surface area contributed by atoms with Crippen molar-refractivity contribution in [3.63, 3.8) is 0 Å². The molecule has 4 nitrogen and oxygen atoms in total. The topological polar surface area (TPSA) is 59.1 Å². The summed E-state index contributed by atoms with van der Waals surface area (Å²) in [5.74, 6) is 0. The van der Waals surface area contributed by atoms with E-state index in [1.54, 1.807) is 6.20 Å². The molecule has 0 saturated heterocycles. The Balaban J connectivity index is 1.96. The van der Waals surface area contributed by atoms with Crippen molar-refractivity contribution in [1.82, 2.24) is 10.3 Å². The highest BCUT2D eigenvalue weighted by Crippen LogP contribution is 2.25. The van der Waals surface area contributed by atoms with Crippen LogP contribution < -0.4 is 5.32 Å². The Morgan fingerprint density at radius 1 is 1.42 bits per heavy atom. The molecule has 1 N–H and O–H groups in total. The summed E-state index contributed by atoms with van der Waals surface area (Å²) in [6.07, 6.45) is 8.53. The van der Waals surface area contributed by atoms with E-state index in [2.05, 4.69) is 17.2 Å². The Kier molecular flexibility index (Phi) is 4.58. The van der Waals surface area contributed by atoms with Crippen LogP contribution in [0.5, 0.6) is 0 Å². The van der Waals surface area contributed by atoms with Gasteiger partial charge in [-0.05, 0) is 37.8 Å². The fourth-order valence-electron chi connectivity index (χ4n) is 2.77. The normalized spacial score (nSPS) is 26.0. The van der Waals surface area contributed by atoms with Crippen LogP contribution in [0.4, 0.5) is 0 Å². The van der Waals surface area contributed by atoms with Crippen LogP contribution in [0.15, 0.2) is 24.5 Å². The minimum atomic E-state index is -2.91. The Morgan fingerprint density at radius 2 is 2.21 bits per heavy atom. The summed E-state index contributed by atoms with van der Waals surface area (Å²) in [6.45, 7) is 2.10. The first-order chi connectivity index (χ1) is 8.97. The van der Waals surface area contributed by atoms with E-state index in [-0.39, 0.29) is 17.3 Å². The highest BCUT2D eigenvalue weighted by Gasteiger charge is 2.29. The monoisotopic (exact) mass is 282 g/mol. The predicted molar refractivity (Wildman–Crippen MR) is 76.7 cm³/mol. The third kappa shape index (κ3) is 4.01. The summed E-state index contributed by atoms with van der Waals surface area (Å²) < 4.78 is 23.3. The van der Waals surface area contributed by atoms with E-state index in [1.807, 2.05) is 18.3 Å². The van der Waals surface area contributed by atoms with Crippen LogP contribution in [-0.4, -0.2) is 30.9 Å². The second kappa shape index (κ2) is 6.01. The SMILES string of the molecule is CC(NC1CCCC(S(C)(=O)=O)C1)c1cccnc1. The van der Waals surface area contributed by atoms with Gasteiger partial charge in [-0.25, -0.2) is 8.42 Å². The molecule has 1 heterocycles. The van der Waals surface area contributed by atoms with E-state index >= 15 is 0 Å². The van der Waals surface area contributed by atoms with Crippen LogP contribution in [0.3, 0.4) is 0 Å². The molecule has 1 aliphatic carbocycles. The van der Waals surface area contributed by atoms with Gasteiger partial charge in [-0.3, -0.25) is 4.98 Å². The van der Waals surface area contributed by atoms with Gasteiger partial charge in [-0.15, -0.1) is 0 Å². The average molecular weight is 282 g/mol. The van der Waals surface area contributed by atoms with Crippen molar-refractivity contribution in [3.8, 4) is 0 Å². The number of rotatable bonds is 4. The van der Waals surface area contributed by atoms with Gasteiger partial charge in [0.1, 0.15) is 9.84 Å². The molecule has 2 rings (SSSR count). The molecule has 0 spiro atoms. The molecule has 1 aliphatic rings. The van der Waals surface area contributed by atoms with Crippen molar-refractivity contribution in [1.29, 1.82) is 0 Å². The summed E-state index contributed by atoms with van der Waals surface area (Å²) in [5.41, 5.74) is 1.14. The smallest absolute Gasteiger partial charge is 0.150 e.